The van der Waals surface area contributed by atoms with Crippen molar-refractivity contribution in [2.45, 2.75) is 12.5 Å². The zero-order valence-electron chi connectivity index (χ0n) is 11.0. The third kappa shape index (κ3) is 3.79. The predicted octanol–water partition coefficient (Wildman–Crippen LogP) is -0.200. The van der Waals surface area contributed by atoms with Gasteiger partial charge in [0.1, 0.15) is 6.07 Å². The molecule has 1 aliphatic heterocycles. The van der Waals surface area contributed by atoms with Crippen LogP contribution in [0.3, 0.4) is 0 Å². The summed E-state index contributed by atoms with van der Waals surface area (Å²) in [6, 6.07) is 7.63. The van der Waals surface area contributed by atoms with Crippen LogP contribution in [-0.2, 0) is 19.4 Å². The van der Waals surface area contributed by atoms with E-state index in [1.807, 2.05) is 6.07 Å². The van der Waals surface area contributed by atoms with Crippen LogP contribution in [0.4, 0.5) is 5.69 Å². The maximum Gasteiger partial charge on any atom is 0.313 e. The fraction of sp³-hybridized carbons (Fsp3) is 0.308. The average molecular weight is 307 g/mol. The van der Waals surface area contributed by atoms with Gasteiger partial charge >= 0.3 is 11.8 Å². The van der Waals surface area contributed by atoms with E-state index in [-0.39, 0.29) is 22.8 Å². The second-order valence-corrected chi connectivity index (χ2v) is 6.91. The van der Waals surface area contributed by atoms with Crippen LogP contribution in [0.5, 0.6) is 0 Å². The number of anilines is 1. The van der Waals surface area contributed by atoms with Crippen molar-refractivity contribution in [2.75, 3.05) is 16.8 Å². The van der Waals surface area contributed by atoms with Crippen molar-refractivity contribution < 1.29 is 18.0 Å². The fourth-order valence-electron chi connectivity index (χ4n) is 2.03. The van der Waals surface area contributed by atoms with Crippen molar-refractivity contribution in [1.29, 1.82) is 5.26 Å². The normalized spacial score (nSPS) is 19.5. The molecule has 0 aliphatic carbocycles. The Bertz CT molecular complexity index is 721. The van der Waals surface area contributed by atoms with Crippen molar-refractivity contribution in [3.05, 3.63) is 29.8 Å². The Hall–Kier alpha value is -2.40. The molecule has 1 saturated heterocycles. The third-order valence-corrected chi connectivity index (χ3v) is 4.84. The van der Waals surface area contributed by atoms with Crippen LogP contribution in [0.15, 0.2) is 24.3 Å². The minimum absolute atomic E-state index is 0.0107. The smallest absolute Gasteiger partial charge is 0.313 e. The number of para-hydroxylation sites is 1. The molecule has 21 heavy (non-hydrogen) atoms. The molecule has 2 amide bonds. The first kappa shape index (κ1) is 15.0. The molecule has 1 aromatic rings. The van der Waals surface area contributed by atoms with Crippen LogP contribution >= 0.6 is 0 Å². The second-order valence-electron chi connectivity index (χ2n) is 4.68. The molecule has 1 atom stereocenters. The summed E-state index contributed by atoms with van der Waals surface area (Å²) in [6.07, 6.45) is 0.302. The largest absolute Gasteiger partial charge is 0.344 e. The number of amides is 2. The summed E-state index contributed by atoms with van der Waals surface area (Å²) in [5.74, 6) is -1.98. The molecule has 8 heteroatoms. The average Bonchev–Trinajstić information content (AvgIpc) is 2.78. The Kier molecular flexibility index (Phi) is 4.23. The van der Waals surface area contributed by atoms with Crippen molar-refractivity contribution in [3.63, 3.8) is 0 Å². The Morgan fingerprint density at radius 1 is 1.24 bits per heavy atom. The molecule has 1 aromatic carbocycles. The molecular weight excluding hydrogens is 294 g/mol. The maximum atomic E-state index is 11.7. The van der Waals surface area contributed by atoms with E-state index >= 15 is 0 Å². The molecule has 7 nitrogen and oxygen atoms in total. The van der Waals surface area contributed by atoms with E-state index in [0.717, 1.165) is 0 Å². The molecule has 110 valence electrons. The Morgan fingerprint density at radius 3 is 2.57 bits per heavy atom. The number of nitrogens with one attached hydrogen (secondary N) is 2. The van der Waals surface area contributed by atoms with E-state index in [1.54, 1.807) is 12.1 Å². The van der Waals surface area contributed by atoms with Crippen LogP contribution in [0.1, 0.15) is 12.0 Å². The molecule has 0 bridgehead atoms. The first-order chi connectivity index (χ1) is 9.91. The van der Waals surface area contributed by atoms with Gasteiger partial charge in [0.2, 0.25) is 0 Å². The molecule has 2 N–H and O–H groups in total. The number of sulfone groups is 1. The number of carbonyl (C=O) groups is 2. The summed E-state index contributed by atoms with van der Waals surface area (Å²) < 4.78 is 22.6. The third-order valence-electron chi connectivity index (χ3n) is 3.07. The Morgan fingerprint density at radius 2 is 1.95 bits per heavy atom. The van der Waals surface area contributed by atoms with Crippen LogP contribution in [0.25, 0.3) is 0 Å². The van der Waals surface area contributed by atoms with Gasteiger partial charge in [0.15, 0.2) is 9.84 Å². The Labute approximate surface area is 121 Å². The quantitative estimate of drug-likeness (QED) is 0.734. The maximum absolute atomic E-state index is 11.7. The van der Waals surface area contributed by atoms with Crippen LogP contribution in [-0.4, -0.2) is 37.8 Å². The summed E-state index contributed by atoms with van der Waals surface area (Å²) in [7, 11) is -3.13. The zero-order chi connectivity index (χ0) is 15.5. The second kappa shape index (κ2) is 5.93. The van der Waals surface area contributed by atoms with E-state index in [9.17, 15) is 18.0 Å². The topological polar surface area (TPSA) is 116 Å². The van der Waals surface area contributed by atoms with Crippen molar-refractivity contribution >= 4 is 27.3 Å². The van der Waals surface area contributed by atoms with Crippen LogP contribution in [0.2, 0.25) is 0 Å². The number of nitrogens with zero attached hydrogens (tertiary/aromatic N) is 1. The van der Waals surface area contributed by atoms with E-state index in [2.05, 4.69) is 10.6 Å². The number of carbonyl (C=O) groups excluding carboxylic acids is 2. The summed E-state index contributed by atoms with van der Waals surface area (Å²) in [6.45, 7) is 0. The molecule has 0 aromatic heterocycles. The summed E-state index contributed by atoms with van der Waals surface area (Å²) >= 11 is 0. The summed E-state index contributed by atoms with van der Waals surface area (Å²) in [5, 5.41) is 13.6. The molecule has 0 saturated carbocycles. The molecule has 2 rings (SSSR count). The van der Waals surface area contributed by atoms with E-state index in [0.29, 0.717) is 6.42 Å². The van der Waals surface area contributed by atoms with Crippen molar-refractivity contribution in [1.82, 2.24) is 5.32 Å². The lowest BCUT2D eigenvalue weighted by Crippen LogP contribution is -2.42. The number of hydrogen-bond acceptors (Lipinski definition) is 5. The first-order valence-electron chi connectivity index (χ1n) is 6.23. The fourth-order valence-corrected chi connectivity index (χ4v) is 3.70. The van der Waals surface area contributed by atoms with Crippen LogP contribution in [0, 0.1) is 11.3 Å². The SMILES string of the molecule is N#Cc1ccccc1NC(=O)C(=O)NC1CCS(=O)(=O)C1. The number of benzene rings is 1. The zero-order valence-corrected chi connectivity index (χ0v) is 11.8. The summed E-state index contributed by atoms with van der Waals surface area (Å²) in [4.78, 5) is 23.5. The van der Waals surface area contributed by atoms with Gasteiger partial charge in [0.05, 0.1) is 22.8 Å². The minimum Gasteiger partial charge on any atom is -0.344 e. The van der Waals surface area contributed by atoms with Gasteiger partial charge in [-0.15, -0.1) is 0 Å². The van der Waals surface area contributed by atoms with Crippen LogP contribution < -0.4 is 10.6 Å². The number of nitriles is 1. The lowest BCUT2D eigenvalue weighted by molar-refractivity contribution is -0.136. The molecule has 1 heterocycles. The molecule has 1 unspecified atom stereocenters. The highest BCUT2D eigenvalue weighted by molar-refractivity contribution is 7.91. The van der Waals surface area contributed by atoms with Gasteiger partial charge in [-0.2, -0.15) is 5.26 Å². The highest BCUT2D eigenvalue weighted by atomic mass is 32.2. The summed E-state index contributed by atoms with van der Waals surface area (Å²) in [5.41, 5.74) is 0.473. The molecule has 0 radical (unpaired) electrons. The molecule has 1 fully saturated rings. The number of rotatable bonds is 2. The van der Waals surface area contributed by atoms with Gasteiger partial charge in [-0.05, 0) is 18.6 Å². The highest BCUT2D eigenvalue weighted by Gasteiger charge is 2.30. The number of hydrogen-bond donors (Lipinski definition) is 2. The van der Waals surface area contributed by atoms with Gasteiger partial charge < -0.3 is 10.6 Å². The van der Waals surface area contributed by atoms with Crippen molar-refractivity contribution in [2.24, 2.45) is 0 Å². The van der Waals surface area contributed by atoms with Gasteiger partial charge in [0.25, 0.3) is 0 Å². The van der Waals surface area contributed by atoms with E-state index in [4.69, 9.17) is 5.26 Å². The predicted molar refractivity (Wildman–Crippen MR) is 75.0 cm³/mol. The molecule has 1 aliphatic rings. The molecular formula is C13H13N3O4S. The highest BCUT2D eigenvalue weighted by Crippen LogP contribution is 2.14. The van der Waals surface area contributed by atoms with E-state index < -0.39 is 27.7 Å². The minimum atomic E-state index is -3.13. The lowest BCUT2D eigenvalue weighted by Gasteiger charge is -2.11. The van der Waals surface area contributed by atoms with Gasteiger partial charge in [0, 0.05) is 6.04 Å². The monoisotopic (exact) mass is 307 g/mol. The Balaban J connectivity index is 1.98. The standard InChI is InChI=1S/C13H13N3O4S/c14-7-9-3-1-2-4-11(9)16-13(18)12(17)15-10-5-6-21(19,20)8-10/h1-4,10H,5-6,8H2,(H,15,17)(H,16,18). The van der Waals surface area contributed by atoms with Gasteiger partial charge in [-0.1, -0.05) is 12.1 Å². The lowest BCUT2D eigenvalue weighted by atomic mass is 10.2. The molecule has 0 spiro atoms. The van der Waals surface area contributed by atoms with Gasteiger partial charge in [-0.25, -0.2) is 8.42 Å². The van der Waals surface area contributed by atoms with Gasteiger partial charge in [-0.3, -0.25) is 9.59 Å². The van der Waals surface area contributed by atoms with E-state index in [1.165, 1.54) is 12.1 Å². The first-order valence-corrected chi connectivity index (χ1v) is 8.05. The van der Waals surface area contributed by atoms with Crippen molar-refractivity contribution in [3.8, 4) is 6.07 Å².